The number of nitro groups is 1. The number of nitrogens with zero attached hydrogens (tertiary/aromatic N) is 7. The Morgan fingerprint density at radius 3 is 2.56 bits per heavy atom. The van der Waals surface area contributed by atoms with Crippen LogP contribution < -0.4 is 11.1 Å². The van der Waals surface area contributed by atoms with E-state index in [0.717, 1.165) is 5.69 Å². The number of non-ortho nitro benzene ring substituents is 1. The van der Waals surface area contributed by atoms with E-state index < -0.39 is 4.92 Å². The Bertz CT molecular complexity index is 1300. The number of halogens is 1. The molecule has 0 aliphatic heterocycles. The number of anilines is 3. The Morgan fingerprint density at radius 1 is 1.06 bits per heavy atom. The summed E-state index contributed by atoms with van der Waals surface area (Å²) in [5, 5.41) is 22.4. The highest BCUT2D eigenvalue weighted by molar-refractivity contribution is 6.33. The summed E-state index contributed by atoms with van der Waals surface area (Å²) in [5.74, 6) is 0.577. The Balaban J connectivity index is 1.76. The lowest BCUT2D eigenvalue weighted by molar-refractivity contribution is -0.384. The van der Waals surface area contributed by atoms with Crippen molar-refractivity contribution in [3.8, 4) is 11.5 Å². The van der Waals surface area contributed by atoms with E-state index >= 15 is 0 Å². The van der Waals surface area contributed by atoms with Crippen LogP contribution in [0, 0.1) is 10.1 Å². The van der Waals surface area contributed by atoms with Crippen molar-refractivity contribution in [2.24, 2.45) is 10.2 Å². The molecule has 11 nitrogen and oxygen atoms in total. The third-order valence-corrected chi connectivity index (χ3v) is 4.44. The molecule has 3 N–H and O–H groups in total. The fourth-order valence-electron chi connectivity index (χ4n) is 2.64. The van der Waals surface area contributed by atoms with Crippen LogP contribution in [0.5, 0.6) is 0 Å². The number of benzene rings is 2. The van der Waals surface area contributed by atoms with Crippen LogP contribution in [0.2, 0.25) is 5.02 Å². The average Bonchev–Trinajstić information content (AvgIpc) is 2.80. The highest BCUT2D eigenvalue weighted by atomic mass is 35.5. The van der Waals surface area contributed by atoms with E-state index in [4.69, 9.17) is 17.3 Å². The van der Waals surface area contributed by atoms with Gasteiger partial charge in [-0.2, -0.15) is 0 Å². The quantitative estimate of drug-likeness (QED) is 0.231. The summed E-state index contributed by atoms with van der Waals surface area (Å²) in [7, 11) is 0. The van der Waals surface area contributed by atoms with Gasteiger partial charge in [-0.1, -0.05) is 29.8 Å². The van der Waals surface area contributed by atoms with Crippen LogP contribution in [0.4, 0.5) is 34.4 Å². The molecule has 32 heavy (non-hydrogen) atoms. The van der Waals surface area contributed by atoms with Crippen molar-refractivity contribution in [1.29, 1.82) is 0 Å². The van der Waals surface area contributed by atoms with Crippen LogP contribution in [0.1, 0.15) is 0 Å². The van der Waals surface area contributed by atoms with Gasteiger partial charge < -0.3 is 11.1 Å². The van der Waals surface area contributed by atoms with Gasteiger partial charge >= 0.3 is 0 Å². The molecule has 2 aromatic carbocycles. The Labute approximate surface area is 186 Å². The lowest BCUT2D eigenvalue weighted by Crippen LogP contribution is -2.03. The van der Waals surface area contributed by atoms with Crippen LogP contribution >= 0.6 is 11.6 Å². The largest absolute Gasteiger partial charge is 0.382 e. The highest BCUT2D eigenvalue weighted by Crippen LogP contribution is 2.36. The minimum absolute atomic E-state index is 0.0425. The number of aromatic nitrogens is 4. The number of para-hydroxylation sites is 1. The van der Waals surface area contributed by atoms with Gasteiger partial charge in [0.15, 0.2) is 23.1 Å². The number of nitro benzene ring substituents is 1. The predicted octanol–water partition coefficient (Wildman–Crippen LogP) is 5.24. The minimum Gasteiger partial charge on any atom is -0.382 e. The number of rotatable bonds is 6. The van der Waals surface area contributed by atoms with E-state index in [1.807, 2.05) is 30.3 Å². The molecular weight excluding hydrogens is 434 g/mol. The van der Waals surface area contributed by atoms with E-state index in [-0.39, 0.29) is 39.5 Å². The maximum absolute atomic E-state index is 10.9. The van der Waals surface area contributed by atoms with E-state index in [2.05, 4.69) is 35.5 Å². The van der Waals surface area contributed by atoms with Gasteiger partial charge in [0, 0.05) is 30.2 Å². The first-order valence-electron chi connectivity index (χ1n) is 9.13. The van der Waals surface area contributed by atoms with Gasteiger partial charge in [-0.15, -0.1) is 10.2 Å². The molecule has 0 atom stereocenters. The summed E-state index contributed by atoms with van der Waals surface area (Å²) >= 11 is 6.10. The van der Waals surface area contributed by atoms with Gasteiger partial charge in [0.2, 0.25) is 0 Å². The molecule has 0 aliphatic carbocycles. The van der Waals surface area contributed by atoms with Gasteiger partial charge in [-0.05, 0) is 18.2 Å². The second-order valence-corrected chi connectivity index (χ2v) is 6.71. The number of nitrogens with two attached hydrogens (primary N) is 1. The maximum atomic E-state index is 10.9. The van der Waals surface area contributed by atoms with Crippen LogP contribution in [0.25, 0.3) is 11.5 Å². The molecule has 4 rings (SSSR count). The maximum Gasteiger partial charge on any atom is 0.271 e. The third kappa shape index (κ3) is 4.63. The summed E-state index contributed by atoms with van der Waals surface area (Å²) in [6, 6.07) is 13.1. The van der Waals surface area contributed by atoms with Crippen molar-refractivity contribution >= 4 is 46.0 Å². The fourth-order valence-corrected chi connectivity index (χ4v) is 2.85. The summed E-state index contributed by atoms with van der Waals surface area (Å²) in [6.07, 6.45) is 4.56. The number of nitrogens with one attached hydrogen (secondary N) is 1. The molecule has 4 aromatic rings. The second kappa shape index (κ2) is 9.10. The Morgan fingerprint density at radius 2 is 1.88 bits per heavy atom. The van der Waals surface area contributed by atoms with Crippen molar-refractivity contribution < 1.29 is 4.92 Å². The minimum atomic E-state index is -0.550. The standard InChI is InChI=1S/C20H14ClN9O2/c21-14-10-13(30(31)32)6-7-15(14)28-29-17-18(22)26-19(16-11-23-8-9-24-16)27-20(17)25-12-4-2-1-3-5-12/h1-11H,(H3,22,25,26,27)/b29-28+. The lowest BCUT2D eigenvalue weighted by atomic mass is 10.3. The number of azo groups is 1. The van der Waals surface area contributed by atoms with E-state index in [1.165, 1.54) is 36.8 Å². The molecule has 0 aliphatic rings. The molecule has 0 unspecified atom stereocenters. The number of hydrogen-bond acceptors (Lipinski definition) is 10. The molecule has 0 amide bonds. The van der Waals surface area contributed by atoms with Gasteiger partial charge in [-0.25, -0.2) is 15.0 Å². The topological polar surface area (TPSA) is 157 Å². The third-order valence-electron chi connectivity index (χ3n) is 4.14. The average molecular weight is 448 g/mol. The van der Waals surface area contributed by atoms with Gasteiger partial charge in [-0.3, -0.25) is 15.1 Å². The normalized spacial score (nSPS) is 10.9. The molecule has 2 aromatic heterocycles. The lowest BCUT2D eigenvalue weighted by Gasteiger charge is -2.11. The van der Waals surface area contributed by atoms with Crippen LogP contribution in [0.15, 0.2) is 77.3 Å². The Kier molecular flexibility index (Phi) is 5.90. The van der Waals surface area contributed by atoms with Crippen molar-refractivity contribution in [3.63, 3.8) is 0 Å². The smallest absolute Gasteiger partial charge is 0.271 e. The van der Waals surface area contributed by atoms with Gasteiger partial charge in [0.1, 0.15) is 11.4 Å². The fraction of sp³-hybridized carbons (Fsp3) is 0. The highest BCUT2D eigenvalue weighted by Gasteiger charge is 2.16. The molecule has 0 saturated carbocycles. The second-order valence-electron chi connectivity index (χ2n) is 6.30. The molecule has 0 fully saturated rings. The van der Waals surface area contributed by atoms with E-state index in [0.29, 0.717) is 5.69 Å². The monoisotopic (exact) mass is 447 g/mol. The van der Waals surface area contributed by atoms with Crippen molar-refractivity contribution in [3.05, 3.63) is 82.3 Å². The van der Waals surface area contributed by atoms with Crippen LogP contribution in [-0.4, -0.2) is 24.9 Å². The van der Waals surface area contributed by atoms with E-state index in [9.17, 15) is 10.1 Å². The zero-order valence-corrected chi connectivity index (χ0v) is 17.0. The Hall–Kier alpha value is -4.51. The molecule has 0 saturated heterocycles. The molecule has 158 valence electrons. The summed E-state index contributed by atoms with van der Waals surface area (Å²) < 4.78 is 0. The summed E-state index contributed by atoms with van der Waals surface area (Å²) in [4.78, 5) is 27.3. The van der Waals surface area contributed by atoms with E-state index in [1.54, 1.807) is 0 Å². The first kappa shape index (κ1) is 20.8. The van der Waals surface area contributed by atoms with Crippen LogP contribution in [-0.2, 0) is 0 Å². The first-order valence-corrected chi connectivity index (χ1v) is 9.50. The van der Waals surface area contributed by atoms with Gasteiger partial charge in [0.05, 0.1) is 16.1 Å². The SMILES string of the molecule is Nc1nc(-c2cnccn2)nc(Nc2ccccc2)c1/N=N/c1ccc([N+](=O)[O-])cc1Cl. The molecule has 2 heterocycles. The van der Waals surface area contributed by atoms with Crippen LogP contribution in [0.3, 0.4) is 0 Å². The summed E-state index contributed by atoms with van der Waals surface area (Å²) in [5.41, 5.74) is 7.56. The zero-order chi connectivity index (χ0) is 22.5. The van der Waals surface area contributed by atoms with Gasteiger partial charge in [0.25, 0.3) is 5.69 Å². The molecule has 0 bridgehead atoms. The number of hydrogen-bond donors (Lipinski definition) is 2. The predicted molar refractivity (Wildman–Crippen MR) is 119 cm³/mol. The number of nitrogen functional groups attached to an aromatic ring is 1. The molecular formula is C20H14ClN9O2. The van der Waals surface area contributed by atoms with Crippen molar-refractivity contribution in [2.75, 3.05) is 11.1 Å². The molecule has 0 radical (unpaired) electrons. The van der Waals surface area contributed by atoms with Crippen molar-refractivity contribution in [2.45, 2.75) is 0 Å². The van der Waals surface area contributed by atoms with Crippen molar-refractivity contribution in [1.82, 2.24) is 19.9 Å². The first-order chi connectivity index (χ1) is 15.5. The summed E-state index contributed by atoms with van der Waals surface area (Å²) in [6.45, 7) is 0. The zero-order valence-electron chi connectivity index (χ0n) is 16.3. The molecule has 0 spiro atoms. The molecule has 12 heteroatoms.